The lowest BCUT2D eigenvalue weighted by atomic mass is 10.1. The smallest absolute Gasteiger partial charge is 0.337 e. The second-order valence-electron chi connectivity index (χ2n) is 5.02. The Morgan fingerprint density at radius 2 is 2.25 bits per heavy atom. The topological polar surface area (TPSA) is 67.8 Å². The van der Waals surface area contributed by atoms with E-state index in [2.05, 4.69) is 5.32 Å². The number of hydrogen-bond donors (Lipinski definition) is 2. The third-order valence-corrected chi connectivity index (χ3v) is 3.29. The zero-order chi connectivity index (χ0) is 14.4. The number of methoxy groups -OCH3 is 1. The summed E-state index contributed by atoms with van der Waals surface area (Å²) >= 11 is 0. The van der Waals surface area contributed by atoms with Crippen LogP contribution in [-0.2, 0) is 4.74 Å². The van der Waals surface area contributed by atoms with Crippen LogP contribution in [-0.4, -0.2) is 37.9 Å². The summed E-state index contributed by atoms with van der Waals surface area (Å²) in [6.45, 7) is 2.24. The van der Waals surface area contributed by atoms with Crippen LogP contribution in [0.4, 0.5) is 5.69 Å². The van der Waals surface area contributed by atoms with Crippen molar-refractivity contribution in [3.05, 3.63) is 23.8 Å². The zero-order valence-corrected chi connectivity index (χ0v) is 11.7. The molecular formula is C15H21NO4. The average Bonchev–Trinajstić information content (AvgIpc) is 3.26. The van der Waals surface area contributed by atoms with Gasteiger partial charge in [-0.1, -0.05) is 0 Å². The number of ether oxygens (including phenoxy) is 2. The number of carboxylic acid groups (broad SMARTS) is 1. The molecule has 1 saturated carbocycles. The Hall–Kier alpha value is -1.75. The molecule has 1 aromatic rings. The van der Waals surface area contributed by atoms with Crippen LogP contribution in [0.5, 0.6) is 5.75 Å². The fourth-order valence-corrected chi connectivity index (χ4v) is 1.91. The van der Waals surface area contributed by atoms with Crippen LogP contribution in [0.1, 0.15) is 29.6 Å². The first-order chi connectivity index (χ1) is 9.70. The number of carbonyl (C=O) groups is 1. The Kier molecular flexibility index (Phi) is 5.24. The molecule has 1 aliphatic rings. The van der Waals surface area contributed by atoms with Crippen molar-refractivity contribution >= 4 is 11.7 Å². The molecule has 0 radical (unpaired) electrons. The van der Waals surface area contributed by atoms with E-state index in [4.69, 9.17) is 14.6 Å². The Bertz CT molecular complexity index is 457. The Morgan fingerprint density at radius 1 is 1.45 bits per heavy atom. The van der Waals surface area contributed by atoms with E-state index in [9.17, 15) is 4.79 Å². The van der Waals surface area contributed by atoms with Gasteiger partial charge in [0.15, 0.2) is 0 Å². The van der Waals surface area contributed by atoms with E-state index in [1.165, 1.54) is 12.8 Å². The van der Waals surface area contributed by atoms with Crippen LogP contribution in [0, 0.1) is 5.92 Å². The summed E-state index contributed by atoms with van der Waals surface area (Å²) in [6, 6.07) is 4.90. The first kappa shape index (κ1) is 14.7. The molecule has 1 fully saturated rings. The van der Waals surface area contributed by atoms with Crippen molar-refractivity contribution < 1.29 is 19.4 Å². The van der Waals surface area contributed by atoms with Gasteiger partial charge in [-0.15, -0.1) is 0 Å². The maximum Gasteiger partial charge on any atom is 0.337 e. The summed E-state index contributed by atoms with van der Waals surface area (Å²) in [5.41, 5.74) is 0.837. The van der Waals surface area contributed by atoms with Gasteiger partial charge in [-0.3, -0.25) is 0 Å². The van der Waals surface area contributed by atoms with Gasteiger partial charge in [0.2, 0.25) is 0 Å². The number of anilines is 1. The first-order valence-corrected chi connectivity index (χ1v) is 6.93. The van der Waals surface area contributed by atoms with Gasteiger partial charge in [0, 0.05) is 25.8 Å². The summed E-state index contributed by atoms with van der Waals surface area (Å²) < 4.78 is 10.6. The van der Waals surface area contributed by atoms with E-state index in [1.807, 2.05) is 0 Å². The highest BCUT2D eigenvalue weighted by Crippen LogP contribution is 2.28. The highest BCUT2D eigenvalue weighted by molar-refractivity contribution is 5.94. The van der Waals surface area contributed by atoms with Gasteiger partial charge in [-0.05, 0) is 37.3 Å². The van der Waals surface area contributed by atoms with Crippen LogP contribution in [0.2, 0.25) is 0 Å². The molecule has 5 nitrogen and oxygen atoms in total. The van der Waals surface area contributed by atoms with Crippen molar-refractivity contribution in [2.75, 3.05) is 32.2 Å². The summed E-state index contributed by atoms with van der Waals surface area (Å²) in [5, 5.41) is 12.3. The highest BCUT2D eigenvalue weighted by atomic mass is 16.5. The van der Waals surface area contributed by atoms with Gasteiger partial charge in [0.05, 0.1) is 18.4 Å². The lowest BCUT2D eigenvalue weighted by Gasteiger charge is -2.11. The number of rotatable bonds is 9. The van der Waals surface area contributed by atoms with Gasteiger partial charge in [0.25, 0.3) is 0 Å². The van der Waals surface area contributed by atoms with E-state index in [0.29, 0.717) is 24.6 Å². The van der Waals surface area contributed by atoms with Crippen LogP contribution >= 0.6 is 0 Å². The van der Waals surface area contributed by atoms with Gasteiger partial charge in [-0.2, -0.15) is 0 Å². The van der Waals surface area contributed by atoms with Gasteiger partial charge < -0.3 is 19.9 Å². The van der Waals surface area contributed by atoms with Crippen molar-refractivity contribution in [3.8, 4) is 5.75 Å². The molecule has 5 heteroatoms. The number of aromatic carboxylic acids is 1. The van der Waals surface area contributed by atoms with E-state index in [1.54, 1.807) is 25.3 Å². The number of hydrogen-bond acceptors (Lipinski definition) is 4. The molecule has 0 bridgehead atoms. The molecule has 0 saturated heterocycles. The number of nitrogens with one attached hydrogen (secondary N) is 1. The lowest BCUT2D eigenvalue weighted by Crippen LogP contribution is -2.10. The largest absolute Gasteiger partial charge is 0.497 e. The molecule has 1 aliphatic carbocycles. The van der Waals surface area contributed by atoms with Crippen molar-refractivity contribution in [3.63, 3.8) is 0 Å². The summed E-state index contributed by atoms with van der Waals surface area (Å²) in [6.07, 6.45) is 3.44. The molecule has 0 amide bonds. The highest BCUT2D eigenvalue weighted by Gasteiger charge is 2.20. The van der Waals surface area contributed by atoms with Crippen LogP contribution < -0.4 is 10.1 Å². The van der Waals surface area contributed by atoms with Crippen molar-refractivity contribution in [2.45, 2.75) is 19.3 Å². The Morgan fingerprint density at radius 3 is 2.90 bits per heavy atom. The monoisotopic (exact) mass is 279 g/mol. The molecule has 0 aromatic heterocycles. The molecule has 2 N–H and O–H groups in total. The SMILES string of the molecule is COc1ccc(C(=O)O)c(NCCCOCC2CC2)c1. The lowest BCUT2D eigenvalue weighted by molar-refractivity contribution is 0.0698. The van der Waals surface area contributed by atoms with Crippen molar-refractivity contribution in [1.29, 1.82) is 0 Å². The molecule has 0 aliphatic heterocycles. The minimum absolute atomic E-state index is 0.254. The second-order valence-corrected chi connectivity index (χ2v) is 5.02. The first-order valence-electron chi connectivity index (χ1n) is 6.93. The molecule has 0 spiro atoms. The molecule has 0 unspecified atom stereocenters. The van der Waals surface area contributed by atoms with Crippen molar-refractivity contribution in [2.24, 2.45) is 5.92 Å². The van der Waals surface area contributed by atoms with Crippen LogP contribution in [0.3, 0.4) is 0 Å². The van der Waals surface area contributed by atoms with E-state index in [-0.39, 0.29) is 5.56 Å². The van der Waals surface area contributed by atoms with Crippen molar-refractivity contribution in [1.82, 2.24) is 0 Å². The number of carboxylic acids is 1. The van der Waals surface area contributed by atoms with E-state index >= 15 is 0 Å². The summed E-state index contributed by atoms with van der Waals surface area (Å²) in [7, 11) is 1.56. The maximum absolute atomic E-state index is 11.1. The van der Waals surface area contributed by atoms with Crippen LogP contribution in [0.25, 0.3) is 0 Å². The fraction of sp³-hybridized carbons (Fsp3) is 0.533. The predicted molar refractivity (Wildman–Crippen MR) is 76.6 cm³/mol. The standard InChI is InChI=1S/C15H21NO4/c1-19-12-5-6-13(15(17)18)14(9-12)16-7-2-8-20-10-11-3-4-11/h5-6,9,11,16H,2-4,7-8,10H2,1H3,(H,17,18). The van der Waals surface area contributed by atoms with E-state index in [0.717, 1.165) is 18.9 Å². The Labute approximate surface area is 118 Å². The second kappa shape index (κ2) is 7.14. The quantitative estimate of drug-likeness (QED) is 0.680. The van der Waals surface area contributed by atoms with Gasteiger partial charge >= 0.3 is 5.97 Å². The normalized spacial score (nSPS) is 14.1. The third-order valence-electron chi connectivity index (χ3n) is 3.29. The maximum atomic E-state index is 11.1. The average molecular weight is 279 g/mol. The number of benzene rings is 1. The molecule has 0 heterocycles. The third kappa shape index (κ3) is 4.42. The zero-order valence-electron chi connectivity index (χ0n) is 11.7. The fourth-order valence-electron chi connectivity index (χ4n) is 1.91. The minimum Gasteiger partial charge on any atom is -0.497 e. The van der Waals surface area contributed by atoms with Gasteiger partial charge in [0.1, 0.15) is 5.75 Å². The van der Waals surface area contributed by atoms with Gasteiger partial charge in [-0.25, -0.2) is 4.79 Å². The van der Waals surface area contributed by atoms with Crippen LogP contribution in [0.15, 0.2) is 18.2 Å². The molecule has 1 aromatic carbocycles. The molecular weight excluding hydrogens is 258 g/mol. The summed E-state index contributed by atoms with van der Waals surface area (Å²) in [5.74, 6) is 0.475. The molecule has 0 atom stereocenters. The molecule has 110 valence electrons. The molecule has 20 heavy (non-hydrogen) atoms. The predicted octanol–water partition coefficient (Wildman–Crippen LogP) is 2.62. The summed E-state index contributed by atoms with van der Waals surface area (Å²) in [4.78, 5) is 11.1. The van der Waals surface area contributed by atoms with E-state index < -0.39 is 5.97 Å². The Balaban J connectivity index is 1.78. The minimum atomic E-state index is -0.944. The molecule has 2 rings (SSSR count).